The van der Waals surface area contributed by atoms with Gasteiger partial charge in [-0.3, -0.25) is 0 Å². The molecule has 0 saturated carbocycles. The van der Waals surface area contributed by atoms with Crippen LogP contribution in [0.25, 0.3) is 0 Å². The van der Waals surface area contributed by atoms with Gasteiger partial charge in [0.2, 0.25) is 0 Å². The van der Waals surface area contributed by atoms with Crippen LogP contribution in [-0.4, -0.2) is 12.3 Å². The highest BCUT2D eigenvalue weighted by Gasteiger charge is 2.08. The normalized spacial score (nSPS) is 13.8. The SMILES string of the molecule is N#CCCCc1ccc2c(c1)NCCS2. The van der Waals surface area contributed by atoms with Gasteiger partial charge in [0.1, 0.15) is 0 Å². The third-order valence-electron chi connectivity index (χ3n) is 2.47. The first kappa shape index (κ1) is 10.4. The van der Waals surface area contributed by atoms with E-state index in [4.69, 9.17) is 5.26 Å². The molecule has 3 heteroatoms. The Kier molecular flexibility index (Phi) is 3.52. The molecule has 0 amide bonds. The fraction of sp³-hybridized carbons (Fsp3) is 0.417. The molecule has 0 aromatic heterocycles. The molecule has 15 heavy (non-hydrogen) atoms. The largest absolute Gasteiger partial charge is 0.383 e. The van der Waals surface area contributed by atoms with Gasteiger partial charge in [-0.25, -0.2) is 0 Å². The molecular formula is C12H14N2S. The predicted octanol–water partition coefficient (Wildman–Crippen LogP) is 3.05. The molecule has 0 unspecified atom stereocenters. The second-order valence-electron chi connectivity index (χ2n) is 3.62. The Bertz CT molecular complexity index is 382. The van der Waals surface area contributed by atoms with Gasteiger partial charge in [0.25, 0.3) is 0 Å². The van der Waals surface area contributed by atoms with E-state index in [0.29, 0.717) is 6.42 Å². The maximum absolute atomic E-state index is 8.47. The minimum absolute atomic E-state index is 0.652. The van der Waals surface area contributed by atoms with Crippen LogP contribution in [0.15, 0.2) is 23.1 Å². The summed E-state index contributed by atoms with van der Waals surface area (Å²) >= 11 is 1.91. The molecule has 0 spiro atoms. The molecule has 1 N–H and O–H groups in total. The number of unbranched alkanes of at least 4 members (excludes halogenated alkanes) is 1. The first-order chi connectivity index (χ1) is 7.40. The van der Waals surface area contributed by atoms with E-state index < -0.39 is 0 Å². The highest BCUT2D eigenvalue weighted by atomic mass is 32.2. The smallest absolute Gasteiger partial charge is 0.0621 e. The summed E-state index contributed by atoms with van der Waals surface area (Å²) < 4.78 is 0. The summed E-state index contributed by atoms with van der Waals surface area (Å²) in [5.41, 5.74) is 2.60. The van der Waals surface area contributed by atoms with Crippen LogP contribution in [0.1, 0.15) is 18.4 Å². The zero-order valence-corrected chi connectivity index (χ0v) is 9.44. The van der Waals surface area contributed by atoms with Crippen molar-refractivity contribution >= 4 is 17.4 Å². The average Bonchev–Trinajstić information content (AvgIpc) is 2.29. The zero-order valence-electron chi connectivity index (χ0n) is 8.62. The molecule has 1 heterocycles. The summed E-state index contributed by atoms with van der Waals surface area (Å²) in [7, 11) is 0. The van der Waals surface area contributed by atoms with E-state index in [1.807, 2.05) is 11.8 Å². The van der Waals surface area contributed by atoms with Gasteiger partial charge in [-0.15, -0.1) is 11.8 Å². The van der Waals surface area contributed by atoms with Gasteiger partial charge in [-0.2, -0.15) is 5.26 Å². The summed E-state index contributed by atoms with van der Waals surface area (Å²) in [6.07, 6.45) is 2.62. The summed E-state index contributed by atoms with van der Waals surface area (Å²) in [5, 5.41) is 11.9. The Morgan fingerprint density at radius 3 is 3.27 bits per heavy atom. The van der Waals surface area contributed by atoms with Crippen LogP contribution in [0, 0.1) is 11.3 Å². The Hall–Kier alpha value is -1.14. The lowest BCUT2D eigenvalue weighted by molar-refractivity contribution is 0.849. The molecule has 0 radical (unpaired) electrons. The van der Waals surface area contributed by atoms with Crippen molar-refractivity contribution in [2.75, 3.05) is 17.6 Å². The number of thioether (sulfide) groups is 1. The van der Waals surface area contributed by atoms with Gasteiger partial charge in [0.15, 0.2) is 0 Å². The van der Waals surface area contributed by atoms with Crippen molar-refractivity contribution < 1.29 is 0 Å². The highest BCUT2D eigenvalue weighted by molar-refractivity contribution is 7.99. The fourth-order valence-electron chi connectivity index (χ4n) is 1.71. The molecule has 0 aliphatic carbocycles. The Labute approximate surface area is 94.7 Å². The van der Waals surface area contributed by atoms with E-state index in [0.717, 1.165) is 25.1 Å². The van der Waals surface area contributed by atoms with Gasteiger partial charge in [0, 0.05) is 29.3 Å². The van der Waals surface area contributed by atoms with E-state index in [9.17, 15) is 0 Å². The summed E-state index contributed by atoms with van der Waals surface area (Å²) in [6.45, 7) is 1.05. The van der Waals surface area contributed by atoms with E-state index >= 15 is 0 Å². The van der Waals surface area contributed by atoms with E-state index in [-0.39, 0.29) is 0 Å². The van der Waals surface area contributed by atoms with Crippen molar-refractivity contribution in [2.45, 2.75) is 24.2 Å². The molecule has 0 saturated heterocycles. The second kappa shape index (κ2) is 5.09. The monoisotopic (exact) mass is 218 g/mol. The number of nitriles is 1. The van der Waals surface area contributed by atoms with Gasteiger partial charge in [-0.05, 0) is 30.5 Å². The third-order valence-corrected chi connectivity index (χ3v) is 3.55. The lowest BCUT2D eigenvalue weighted by Gasteiger charge is -2.18. The molecule has 2 rings (SSSR count). The minimum atomic E-state index is 0.652. The zero-order chi connectivity index (χ0) is 10.5. The Balaban J connectivity index is 2.04. The van der Waals surface area contributed by atoms with Crippen LogP contribution in [0.5, 0.6) is 0 Å². The molecule has 1 aliphatic heterocycles. The van der Waals surface area contributed by atoms with Crippen LogP contribution < -0.4 is 5.32 Å². The van der Waals surface area contributed by atoms with E-state index in [2.05, 4.69) is 29.6 Å². The quantitative estimate of drug-likeness (QED) is 0.792. The standard InChI is InChI=1S/C12H14N2S/c13-6-2-1-3-10-4-5-12-11(9-10)14-7-8-15-12/h4-5,9,14H,1-3,7-8H2. The summed E-state index contributed by atoms with van der Waals surface area (Å²) in [5.74, 6) is 1.15. The number of nitrogens with zero attached hydrogens (tertiary/aromatic N) is 1. The minimum Gasteiger partial charge on any atom is -0.383 e. The van der Waals surface area contributed by atoms with Crippen molar-refractivity contribution in [3.05, 3.63) is 23.8 Å². The second-order valence-corrected chi connectivity index (χ2v) is 4.75. The lowest BCUT2D eigenvalue weighted by atomic mass is 10.1. The van der Waals surface area contributed by atoms with Crippen molar-refractivity contribution in [1.82, 2.24) is 0 Å². The molecule has 0 atom stereocenters. The number of hydrogen-bond donors (Lipinski definition) is 1. The molecule has 1 aliphatic rings. The number of rotatable bonds is 3. The van der Waals surface area contributed by atoms with Crippen molar-refractivity contribution in [1.29, 1.82) is 5.26 Å². The fourth-order valence-corrected chi connectivity index (χ4v) is 2.59. The van der Waals surface area contributed by atoms with Crippen LogP contribution >= 0.6 is 11.8 Å². The molecule has 1 aromatic carbocycles. The number of nitrogens with one attached hydrogen (secondary N) is 1. The number of anilines is 1. The summed E-state index contributed by atoms with van der Waals surface area (Å²) in [4.78, 5) is 1.35. The molecule has 78 valence electrons. The molecule has 0 fully saturated rings. The Morgan fingerprint density at radius 1 is 1.47 bits per heavy atom. The van der Waals surface area contributed by atoms with Crippen LogP contribution in [0.2, 0.25) is 0 Å². The van der Waals surface area contributed by atoms with E-state index in [1.54, 1.807) is 0 Å². The number of fused-ring (bicyclic) bond motifs is 1. The molecular weight excluding hydrogens is 204 g/mol. The van der Waals surface area contributed by atoms with Crippen LogP contribution in [-0.2, 0) is 6.42 Å². The number of benzene rings is 1. The van der Waals surface area contributed by atoms with Gasteiger partial charge in [0.05, 0.1) is 6.07 Å². The third kappa shape index (κ3) is 2.66. The van der Waals surface area contributed by atoms with Crippen molar-refractivity contribution in [3.8, 4) is 6.07 Å². The number of aryl methyl sites for hydroxylation is 1. The van der Waals surface area contributed by atoms with Crippen LogP contribution in [0.3, 0.4) is 0 Å². The van der Waals surface area contributed by atoms with Gasteiger partial charge < -0.3 is 5.32 Å². The Morgan fingerprint density at radius 2 is 2.40 bits per heavy atom. The topological polar surface area (TPSA) is 35.8 Å². The van der Waals surface area contributed by atoms with Gasteiger partial charge >= 0.3 is 0 Å². The lowest BCUT2D eigenvalue weighted by Crippen LogP contribution is -2.10. The number of hydrogen-bond acceptors (Lipinski definition) is 3. The van der Waals surface area contributed by atoms with Crippen molar-refractivity contribution in [3.63, 3.8) is 0 Å². The van der Waals surface area contributed by atoms with Crippen LogP contribution in [0.4, 0.5) is 5.69 Å². The van der Waals surface area contributed by atoms with Gasteiger partial charge in [-0.1, -0.05) is 6.07 Å². The maximum Gasteiger partial charge on any atom is 0.0621 e. The molecule has 1 aromatic rings. The highest BCUT2D eigenvalue weighted by Crippen LogP contribution is 2.31. The molecule has 0 bridgehead atoms. The first-order valence-corrected chi connectivity index (χ1v) is 6.25. The van der Waals surface area contributed by atoms with E-state index in [1.165, 1.54) is 16.1 Å². The molecule has 2 nitrogen and oxygen atoms in total. The summed E-state index contributed by atoms with van der Waals surface area (Å²) in [6, 6.07) is 8.77. The maximum atomic E-state index is 8.47. The average molecular weight is 218 g/mol. The first-order valence-electron chi connectivity index (χ1n) is 5.27. The predicted molar refractivity (Wildman–Crippen MR) is 64.2 cm³/mol. The van der Waals surface area contributed by atoms with Crippen molar-refractivity contribution in [2.24, 2.45) is 0 Å².